The van der Waals surface area contributed by atoms with Crippen LogP contribution in [-0.2, 0) is 4.79 Å². The van der Waals surface area contributed by atoms with E-state index in [9.17, 15) is 10.1 Å². The first kappa shape index (κ1) is 10.5. The Morgan fingerprint density at radius 3 is 2.73 bits per heavy atom. The van der Waals surface area contributed by atoms with Crippen LogP contribution < -0.4 is 0 Å². The van der Waals surface area contributed by atoms with Gasteiger partial charge >= 0.3 is 0 Å². The first-order valence-electron chi connectivity index (χ1n) is 5.91. The van der Waals surface area contributed by atoms with Gasteiger partial charge in [-0.05, 0) is 24.7 Å². The van der Waals surface area contributed by atoms with Crippen molar-refractivity contribution in [2.24, 2.45) is 11.8 Å². The van der Waals surface area contributed by atoms with Crippen LogP contribution in [0, 0.1) is 23.2 Å². The maximum Gasteiger partial charge on any atom is 0.220 e. The predicted octanol–water partition coefficient (Wildman–Crippen LogP) is 1.94. The first-order valence-corrected chi connectivity index (χ1v) is 5.91. The Labute approximate surface area is 91.1 Å². The molecule has 0 aromatic heterocycles. The summed E-state index contributed by atoms with van der Waals surface area (Å²) >= 11 is 0. The molecule has 0 aromatic carbocycles. The zero-order valence-corrected chi connectivity index (χ0v) is 9.28. The molecule has 1 saturated carbocycles. The summed E-state index contributed by atoms with van der Waals surface area (Å²) in [6.45, 7) is 2.40. The van der Waals surface area contributed by atoms with Gasteiger partial charge in [-0.3, -0.25) is 4.79 Å². The maximum atomic E-state index is 11.4. The van der Waals surface area contributed by atoms with Crippen LogP contribution in [0.2, 0.25) is 0 Å². The van der Waals surface area contributed by atoms with Crippen molar-refractivity contribution in [2.75, 3.05) is 6.54 Å². The van der Waals surface area contributed by atoms with Crippen LogP contribution in [0.1, 0.15) is 39.0 Å². The van der Waals surface area contributed by atoms with Crippen molar-refractivity contribution in [1.82, 2.24) is 4.90 Å². The average Bonchev–Trinajstić information content (AvgIpc) is 2.40. The summed E-state index contributed by atoms with van der Waals surface area (Å²) in [6, 6.07) is 2.18. The number of likely N-dealkylation sites (tertiary alicyclic amines) is 1. The number of carbonyl (C=O) groups excluding carboxylic acids is 1. The Balaban J connectivity index is 2.16. The van der Waals surface area contributed by atoms with Crippen molar-refractivity contribution in [2.45, 2.75) is 45.1 Å². The lowest BCUT2D eigenvalue weighted by atomic mass is 9.87. The molecule has 0 aromatic rings. The molecule has 0 N–H and O–H groups in total. The van der Waals surface area contributed by atoms with Crippen molar-refractivity contribution in [3.63, 3.8) is 0 Å². The molecule has 0 bridgehead atoms. The molecule has 1 aliphatic carbocycles. The Hall–Kier alpha value is -1.04. The molecule has 1 amide bonds. The Bertz CT molecular complexity index is 294. The smallest absolute Gasteiger partial charge is 0.220 e. The third kappa shape index (κ3) is 1.86. The highest BCUT2D eigenvalue weighted by atomic mass is 16.2. The van der Waals surface area contributed by atoms with E-state index in [4.69, 9.17) is 0 Å². The Kier molecular flexibility index (Phi) is 2.95. The van der Waals surface area contributed by atoms with Crippen molar-refractivity contribution >= 4 is 5.91 Å². The second kappa shape index (κ2) is 4.22. The van der Waals surface area contributed by atoms with Crippen LogP contribution in [0.3, 0.4) is 0 Å². The number of amides is 1. The van der Waals surface area contributed by atoms with Crippen LogP contribution in [0.4, 0.5) is 0 Å². The summed E-state index contributed by atoms with van der Waals surface area (Å²) in [7, 11) is 0. The number of hydrogen-bond donors (Lipinski definition) is 0. The van der Waals surface area contributed by atoms with Gasteiger partial charge in [0.05, 0.1) is 6.07 Å². The van der Waals surface area contributed by atoms with Gasteiger partial charge in [0.2, 0.25) is 5.91 Å². The molecule has 0 radical (unpaired) electrons. The minimum Gasteiger partial charge on any atom is -0.326 e. The molecule has 2 fully saturated rings. The van der Waals surface area contributed by atoms with Crippen LogP contribution in [0.5, 0.6) is 0 Å². The average molecular weight is 206 g/mol. The molecule has 0 spiro atoms. The molecule has 2 rings (SSSR count). The van der Waals surface area contributed by atoms with Crippen molar-refractivity contribution in [3.8, 4) is 6.07 Å². The van der Waals surface area contributed by atoms with Gasteiger partial charge in [0.15, 0.2) is 0 Å². The fourth-order valence-electron chi connectivity index (χ4n) is 3.14. The SMILES string of the molecule is CC(=O)N1CC2CCCCC[C@@H]2[C@H]1C#N. The van der Waals surface area contributed by atoms with Gasteiger partial charge in [0.1, 0.15) is 6.04 Å². The monoisotopic (exact) mass is 206 g/mol. The normalized spacial score (nSPS) is 35.5. The molecule has 82 valence electrons. The number of fused-ring (bicyclic) bond motifs is 1. The molecule has 1 aliphatic heterocycles. The van der Waals surface area contributed by atoms with E-state index in [1.165, 1.54) is 25.7 Å². The van der Waals surface area contributed by atoms with Crippen LogP contribution in [0.15, 0.2) is 0 Å². The number of carbonyl (C=O) groups is 1. The lowest BCUT2D eigenvalue weighted by molar-refractivity contribution is -0.129. The van der Waals surface area contributed by atoms with Crippen LogP contribution >= 0.6 is 0 Å². The lowest BCUT2D eigenvalue weighted by Crippen LogP contribution is -2.35. The van der Waals surface area contributed by atoms with E-state index < -0.39 is 0 Å². The minimum absolute atomic E-state index is 0.0645. The van der Waals surface area contributed by atoms with Gasteiger partial charge < -0.3 is 4.90 Å². The summed E-state index contributed by atoms with van der Waals surface area (Å²) in [5, 5.41) is 9.17. The second-order valence-electron chi connectivity index (χ2n) is 4.81. The van der Waals surface area contributed by atoms with E-state index in [1.807, 2.05) is 0 Å². The summed E-state index contributed by atoms with van der Waals surface area (Å²) in [4.78, 5) is 13.2. The summed E-state index contributed by atoms with van der Waals surface area (Å²) in [5.74, 6) is 1.09. The molecule has 2 aliphatic rings. The van der Waals surface area contributed by atoms with Crippen molar-refractivity contribution in [1.29, 1.82) is 5.26 Å². The Morgan fingerprint density at radius 2 is 2.07 bits per heavy atom. The highest BCUT2D eigenvalue weighted by molar-refractivity contribution is 5.74. The van der Waals surface area contributed by atoms with Crippen LogP contribution in [0.25, 0.3) is 0 Å². The highest BCUT2D eigenvalue weighted by Gasteiger charge is 2.42. The summed E-state index contributed by atoms with van der Waals surface area (Å²) in [6.07, 6.45) is 6.13. The van der Waals surface area contributed by atoms with E-state index in [0.29, 0.717) is 11.8 Å². The van der Waals surface area contributed by atoms with E-state index in [2.05, 4.69) is 6.07 Å². The van der Waals surface area contributed by atoms with Crippen molar-refractivity contribution in [3.05, 3.63) is 0 Å². The predicted molar refractivity (Wildman–Crippen MR) is 56.9 cm³/mol. The molecular weight excluding hydrogens is 188 g/mol. The number of nitrogens with zero attached hydrogens (tertiary/aromatic N) is 2. The van der Waals surface area contributed by atoms with E-state index in [0.717, 1.165) is 13.0 Å². The second-order valence-corrected chi connectivity index (χ2v) is 4.81. The molecular formula is C12H18N2O. The van der Waals surface area contributed by atoms with E-state index in [-0.39, 0.29) is 11.9 Å². The molecule has 3 nitrogen and oxygen atoms in total. The zero-order chi connectivity index (χ0) is 10.8. The van der Waals surface area contributed by atoms with E-state index >= 15 is 0 Å². The third-order valence-electron chi connectivity index (χ3n) is 3.93. The van der Waals surface area contributed by atoms with Gasteiger partial charge in [0.25, 0.3) is 0 Å². The topological polar surface area (TPSA) is 44.1 Å². The molecule has 1 heterocycles. The standard InChI is InChI=1S/C12H18N2O/c1-9(15)14-8-10-5-3-2-4-6-11(10)12(14)7-13/h10-12H,2-6,8H2,1H3/t10?,11-,12+/m0/s1. The fraction of sp³-hybridized carbons (Fsp3) is 0.833. The minimum atomic E-state index is -0.148. The van der Waals surface area contributed by atoms with Crippen LogP contribution in [-0.4, -0.2) is 23.4 Å². The van der Waals surface area contributed by atoms with Crippen molar-refractivity contribution < 1.29 is 4.79 Å². The van der Waals surface area contributed by atoms with Gasteiger partial charge in [0, 0.05) is 13.5 Å². The number of hydrogen-bond acceptors (Lipinski definition) is 2. The molecule has 3 heteroatoms. The zero-order valence-electron chi connectivity index (χ0n) is 9.28. The molecule has 3 atom stereocenters. The maximum absolute atomic E-state index is 11.4. The van der Waals surface area contributed by atoms with E-state index in [1.54, 1.807) is 11.8 Å². The summed E-state index contributed by atoms with van der Waals surface area (Å²) < 4.78 is 0. The molecule has 15 heavy (non-hydrogen) atoms. The highest BCUT2D eigenvalue weighted by Crippen LogP contribution is 2.38. The number of nitriles is 1. The fourth-order valence-corrected chi connectivity index (χ4v) is 3.14. The lowest BCUT2D eigenvalue weighted by Gasteiger charge is -2.20. The quantitative estimate of drug-likeness (QED) is 0.608. The van der Waals surface area contributed by atoms with Gasteiger partial charge in [-0.25, -0.2) is 0 Å². The number of rotatable bonds is 0. The Morgan fingerprint density at radius 1 is 1.33 bits per heavy atom. The van der Waals surface area contributed by atoms with Gasteiger partial charge in [-0.15, -0.1) is 0 Å². The molecule has 1 saturated heterocycles. The summed E-state index contributed by atoms with van der Waals surface area (Å²) in [5.41, 5.74) is 0. The van der Waals surface area contributed by atoms with Gasteiger partial charge in [-0.1, -0.05) is 19.3 Å². The first-order chi connectivity index (χ1) is 7.24. The van der Waals surface area contributed by atoms with Gasteiger partial charge in [-0.2, -0.15) is 5.26 Å². The molecule has 1 unspecified atom stereocenters. The largest absolute Gasteiger partial charge is 0.326 e. The third-order valence-corrected chi connectivity index (χ3v) is 3.93.